The summed E-state index contributed by atoms with van der Waals surface area (Å²) in [7, 11) is 3.03. The third kappa shape index (κ3) is 3.94. The summed E-state index contributed by atoms with van der Waals surface area (Å²) in [6, 6.07) is 12.8. The number of methoxy groups -OCH3 is 2. The van der Waals surface area contributed by atoms with Crippen molar-refractivity contribution in [2.75, 3.05) is 14.2 Å². The molecule has 0 aliphatic heterocycles. The molecule has 8 heteroatoms. The number of fused-ring (bicyclic) bond motifs is 1. The monoisotopic (exact) mass is 435 g/mol. The van der Waals surface area contributed by atoms with Crippen LogP contribution in [0.2, 0.25) is 0 Å². The van der Waals surface area contributed by atoms with Gasteiger partial charge >= 0.3 is 0 Å². The van der Waals surface area contributed by atoms with E-state index in [1.165, 1.54) is 30.2 Å². The number of thiazole rings is 1. The van der Waals surface area contributed by atoms with Crippen LogP contribution in [0.3, 0.4) is 0 Å². The van der Waals surface area contributed by atoms with Crippen LogP contribution >= 0.6 is 11.3 Å². The average Bonchev–Trinajstić information content (AvgIpc) is 3.17. The summed E-state index contributed by atoms with van der Waals surface area (Å²) in [5, 5.41) is 5.32. The Kier molecular flexibility index (Phi) is 5.56. The quantitative estimate of drug-likeness (QED) is 0.425. The zero-order valence-corrected chi connectivity index (χ0v) is 18.4. The van der Waals surface area contributed by atoms with Gasteiger partial charge in [-0.15, -0.1) is 11.3 Å². The minimum Gasteiger partial charge on any atom is -0.493 e. The molecule has 0 bridgehead atoms. The van der Waals surface area contributed by atoms with E-state index in [-0.39, 0.29) is 17.9 Å². The van der Waals surface area contributed by atoms with E-state index in [4.69, 9.17) is 9.47 Å². The number of carbonyl (C=O) groups is 1. The highest BCUT2D eigenvalue weighted by molar-refractivity contribution is 7.19. The van der Waals surface area contributed by atoms with Gasteiger partial charge in [-0.25, -0.2) is 9.67 Å². The van der Waals surface area contributed by atoms with Crippen LogP contribution in [-0.4, -0.2) is 34.8 Å². The third-order valence-electron chi connectivity index (χ3n) is 4.93. The predicted octanol–water partition coefficient (Wildman–Crippen LogP) is 4.04. The first-order valence-corrected chi connectivity index (χ1v) is 10.4. The number of aryl methyl sites for hydroxylation is 2. The summed E-state index contributed by atoms with van der Waals surface area (Å²) in [6.07, 6.45) is 0. The topological polar surface area (TPSA) is 83.3 Å². The Labute approximate surface area is 182 Å². The van der Waals surface area contributed by atoms with E-state index in [2.05, 4.69) is 10.1 Å². The lowest BCUT2D eigenvalue weighted by Gasteiger charge is -2.11. The van der Waals surface area contributed by atoms with E-state index in [0.29, 0.717) is 28.3 Å². The number of rotatable bonds is 6. The Morgan fingerprint density at radius 3 is 2.42 bits per heavy atom. The largest absolute Gasteiger partial charge is 0.493 e. The van der Waals surface area contributed by atoms with Crippen molar-refractivity contribution < 1.29 is 14.3 Å². The van der Waals surface area contributed by atoms with E-state index in [0.717, 1.165) is 20.8 Å². The molecular formula is C23H21N3O4S. The molecule has 0 saturated heterocycles. The Hall–Kier alpha value is -3.52. The molecule has 2 aromatic heterocycles. The van der Waals surface area contributed by atoms with Crippen molar-refractivity contribution in [1.29, 1.82) is 0 Å². The maximum atomic E-state index is 13.0. The lowest BCUT2D eigenvalue weighted by Crippen LogP contribution is -2.27. The molecule has 0 atom stereocenters. The molecule has 0 spiro atoms. The first-order valence-electron chi connectivity index (χ1n) is 9.61. The summed E-state index contributed by atoms with van der Waals surface area (Å²) >= 11 is 1.42. The van der Waals surface area contributed by atoms with Gasteiger partial charge < -0.3 is 9.47 Å². The summed E-state index contributed by atoms with van der Waals surface area (Å²) in [6.45, 7) is 3.65. The van der Waals surface area contributed by atoms with Crippen LogP contribution in [0, 0.1) is 13.8 Å². The highest BCUT2D eigenvalue weighted by Gasteiger charge is 2.19. The number of carbonyl (C=O) groups excluding carboxylic acids is 1. The first-order chi connectivity index (χ1) is 14.9. The van der Waals surface area contributed by atoms with Crippen LogP contribution in [-0.2, 0) is 6.54 Å². The smallest absolute Gasteiger partial charge is 0.294 e. The standard InChI is InChI=1S/C23H21N3O4S/c1-13-5-7-15(8-6-13)20-22-21(24-14(2)31-22)23(28)26(25-20)12-17(27)16-9-10-18(29-3)19(11-16)30-4/h5-11H,12H2,1-4H3. The molecular weight excluding hydrogens is 414 g/mol. The number of ketones is 1. The maximum absolute atomic E-state index is 13.0. The molecule has 7 nitrogen and oxygen atoms in total. The van der Waals surface area contributed by atoms with Gasteiger partial charge in [-0.1, -0.05) is 29.8 Å². The molecule has 4 rings (SSSR count). The Morgan fingerprint density at radius 2 is 1.74 bits per heavy atom. The fourth-order valence-corrected chi connectivity index (χ4v) is 4.23. The van der Waals surface area contributed by atoms with Gasteiger partial charge in [0, 0.05) is 11.1 Å². The molecule has 2 heterocycles. The predicted molar refractivity (Wildman–Crippen MR) is 120 cm³/mol. The minimum atomic E-state index is -0.385. The summed E-state index contributed by atoms with van der Waals surface area (Å²) < 4.78 is 12.4. The molecule has 0 aliphatic rings. The van der Waals surface area contributed by atoms with Gasteiger partial charge in [-0.3, -0.25) is 9.59 Å². The Morgan fingerprint density at radius 1 is 1.03 bits per heavy atom. The second-order valence-electron chi connectivity index (χ2n) is 7.08. The van der Waals surface area contributed by atoms with E-state index >= 15 is 0 Å². The van der Waals surface area contributed by atoms with Crippen LogP contribution in [0.4, 0.5) is 0 Å². The average molecular weight is 436 g/mol. The second kappa shape index (κ2) is 8.31. The summed E-state index contributed by atoms with van der Waals surface area (Å²) in [5.41, 5.74) is 2.97. The molecule has 0 aliphatic carbocycles. The van der Waals surface area contributed by atoms with Crippen molar-refractivity contribution in [3.05, 3.63) is 69.0 Å². The zero-order chi connectivity index (χ0) is 22.1. The van der Waals surface area contributed by atoms with Gasteiger partial charge in [0.1, 0.15) is 12.2 Å². The number of ether oxygens (including phenoxy) is 2. The molecule has 0 saturated carbocycles. The van der Waals surface area contributed by atoms with Crippen molar-refractivity contribution in [2.24, 2.45) is 0 Å². The summed E-state index contributed by atoms with van der Waals surface area (Å²) in [4.78, 5) is 30.4. The molecule has 2 aromatic carbocycles. The van der Waals surface area contributed by atoms with Gasteiger partial charge in [0.15, 0.2) is 22.8 Å². The molecule has 0 N–H and O–H groups in total. The molecule has 158 valence electrons. The Bertz CT molecular complexity index is 1340. The van der Waals surface area contributed by atoms with E-state index in [1.54, 1.807) is 18.2 Å². The fraction of sp³-hybridized carbons (Fsp3) is 0.217. The Balaban J connectivity index is 1.79. The normalized spacial score (nSPS) is 11.0. The van der Waals surface area contributed by atoms with Crippen molar-refractivity contribution in [2.45, 2.75) is 20.4 Å². The molecule has 0 unspecified atom stereocenters. The van der Waals surface area contributed by atoms with Crippen LogP contribution < -0.4 is 15.0 Å². The SMILES string of the molecule is COc1ccc(C(=O)Cn2nc(-c3ccc(C)cc3)c3sc(C)nc3c2=O)cc1OC. The number of aromatic nitrogens is 3. The lowest BCUT2D eigenvalue weighted by atomic mass is 10.1. The van der Waals surface area contributed by atoms with Crippen molar-refractivity contribution in [3.8, 4) is 22.8 Å². The number of hydrogen-bond donors (Lipinski definition) is 0. The second-order valence-corrected chi connectivity index (χ2v) is 8.28. The van der Waals surface area contributed by atoms with E-state index < -0.39 is 0 Å². The number of Topliss-reactive ketones (excluding diaryl/α,β-unsaturated/α-hetero) is 1. The van der Waals surface area contributed by atoms with Crippen LogP contribution in [0.25, 0.3) is 21.5 Å². The van der Waals surface area contributed by atoms with Gasteiger partial charge in [-0.2, -0.15) is 5.10 Å². The number of hydrogen-bond acceptors (Lipinski definition) is 7. The number of nitrogens with zero attached hydrogens (tertiary/aromatic N) is 3. The minimum absolute atomic E-state index is 0.209. The van der Waals surface area contributed by atoms with Crippen molar-refractivity contribution >= 4 is 27.3 Å². The van der Waals surface area contributed by atoms with Gasteiger partial charge in [0.05, 0.1) is 23.9 Å². The molecule has 4 aromatic rings. The van der Waals surface area contributed by atoms with Crippen LogP contribution in [0.15, 0.2) is 47.3 Å². The zero-order valence-electron chi connectivity index (χ0n) is 17.6. The molecule has 0 radical (unpaired) electrons. The highest BCUT2D eigenvalue weighted by atomic mass is 32.1. The van der Waals surface area contributed by atoms with E-state index in [1.807, 2.05) is 38.1 Å². The fourth-order valence-electron chi connectivity index (χ4n) is 3.31. The third-order valence-corrected chi connectivity index (χ3v) is 5.91. The van der Waals surface area contributed by atoms with Crippen molar-refractivity contribution in [3.63, 3.8) is 0 Å². The molecule has 0 fully saturated rings. The maximum Gasteiger partial charge on any atom is 0.294 e. The highest BCUT2D eigenvalue weighted by Crippen LogP contribution is 2.30. The van der Waals surface area contributed by atoms with Crippen LogP contribution in [0.1, 0.15) is 20.9 Å². The van der Waals surface area contributed by atoms with Gasteiger partial charge in [0.25, 0.3) is 5.56 Å². The molecule has 31 heavy (non-hydrogen) atoms. The van der Waals surface area contributed by atoms with Gasteiger partial charge in [0.2, 0.25) is 0 Å². The summed E-state index contributed by atoms with van der Waals surface area (Å²) in [5.74, 6) is 0.701. The van der Waals surface area contributed by atoms with Crippen LogP contribution in [0.5, 0.6) is 11.5 Å². The number of benzene rings is 2. The lowest BCUT2D eigenvalue weighted by molar-refractivity contribution is 0.0965. The van der Waals surface area contributed by atoms with E-state index in [9.17, 15) is 9.59 Å². The molecule has 0 amide bonds. The van der Waals surface area contributed by atoms with Crippen molar-refractivity contribution in [1.82, 2.24) is 14.8 Å². The first kappa shape index (κ1) is 20.7. The van der Waals surface area contributed by atoms with Gasteiger partial charge in [-0.05, 0) is 32.0 Å².